The van der Waals surface area contributed by atoms with Gasteiger partial charge >= 0.3 is 0 Å². The van der Waals surface area contributed by atoms with Crippen molar-refractivity contribution in [3.63, 3.8) is 0 Å². The smallest absolute Gasteiger partial charge is 0.258 e. The van der Waals surface area contributed by atoms with E-state index in [-0.39, 0.29) is 24.8 Å². The third-order valence-electron chi connectivity index (χ3n) is 3.50. The fourth-order valence-electron chi connectivity index (χ4n) is 2.13. The summed E-state index contributed by atoms with van der Waals surface area (Å²) in [7, 11) is -2.06. The first-order valence-corrected chi connectivity index (χ1v) is 10.1. The molecule has 0 bridgehead atoms. The minimum absolute atomic E-state index is 0.169. The summed E-state index contributed by atoms with van der Waals surface area (Å²) in [5.74, 6) is -0.620. The van der Waals surface area contributed by atoms with Gasteiger partial charge in [0, 0.05) is 6.54 Å². The van der Waals surface area contributed by atoms with Crippen LogP contribution in [0.4, 0.5) is 4.39 Å². The molecule has 0 atom stereocenters. The molecule has 6 nitrogen and oxygen atoms in total. The summed E-state index contributed by atoms with van der Waals surface area (Å²) in [6.45, 7) is -0.0800. The molecule has 0 saturated heterocycles. The molecule has 1 amide bonds. The van der Waals surface area contributed by atoms with Crippen molar-refractivity contribution in [3.05, 3.63) is 63.9 Å². The quantitative estimate of drug-likeness (QED) is 0.654. The van der Waals surface area contributed by atoms with Gasteiger partial charge in [-0.15, -0.1) is 0 Å². The molecule has 0 unspecified atom stereocenters. The van der Waals surface area contributed by atoms with Crippen LogP contribution in [-0.4, -0.2) is 28.0 Å². The van der Waals surface area contributed by atoms with Crippen molar-refractivity contribution in [1.82, 2.24) is 10.0 Å². The predicted octanol–water partition coefficient (Wildman–Crippen LogP) is 2.33. The molecule has 9 heteroatoms. The number of rotatable bonds is 8. The summed E-state index contributed by atoms with van der Waals surface area (Å²) >= 11 is 3.16. The minimum atomic E-state index is -3.41. The van der Waals surface area contributed by atoms with E-state index in [1.54, 1.807) is 24.3 Å². The molecule has 0 heterocycles. The van der Waals surface area contributed by atoms with E-state index in [4.69, 9.17) is 4.74 Å². The first kappa shape index (κ1) is 20.3. The predicted molar refractivity (Wildman–Crippen MR) is 99.6 cm³/mol. The lowest BCUT2D eigenvalue weighted by Crippen LogP contribution is -2.29. The first-order valence-electron chi connectivity index (χ1n) is 7.63. The first-order chi connectivity index (χ1) is 12.3. The third kappa shape index (κ3) is 6.08. The highest BCUT2D eigenvalue weighted by molar-refractivity contribution is 9.10. The van der Waals surface area contributed by atoms with E-state index in [0.717, 1.165) is 0 Å². The zero-order valence-electron chi connectivity index (χ0n) is 14.0. The van der Waals surface area contributed by atoms with Gasteiger partial charge in [0.25, 0.3) is 5.91 Å². The number of amides is 1. The Morgan fingerprint density at radius 3 is 2.54 bits per heavy atom. The molecule has 0 spiro atoms. The summed E-state index contributed by atoms with van der Waals surface area (Å²) in [6, 6.07) is 10.8. The Bertz CT molecular complexity index is 890. The fourth-order valence-corrected chi connectivity index (χ4v) is 3.43. The highest BCUT2D eigenvalue weighted by Gasteiger charge is 2.13. The molecule has 0 fully saturated rings. The van der Waals surface area contributed by atoms with Crippen LogP contribution in [-0.2, 0) is 27.1 Å². The summed E-state index contributed by atoms with van der Waals surface area (Å²) in [5.41, 5.74) is 1.30. The molecule has 0 aliphatic rings. The van der Waals surface area contributed by atoms with Crippen molar-refractivity contribution in [2.24, 2.45) is 0 Å². The molecule has 2 aromatic carbocycles. The van der Waals surface area contributed by atoms with Crippen LogP contribution in [0, 0.1) is 5.82 Å². The average Bonchev–Trinajstić information content (AvgIpc) is 2.60. The Balaban J connectivity index is 1.93. The van der Waals surface area contributed by atoms with Gasteiger partial charge in [0.1, 0.15) is 11.6 Å². The number of halogens is 2. The number of sulfonamides is 1. The lowest BCUT2D eigenvalue weighted by molar-refractivity contribution is -0.123. The normalized spacial score (nSPS) is 11.2. The molecule has 2 rings (SSSR count). The molecular formula is C17H18BrFN2O4S. The lowest BCUT2D eigenvalue weighted by Gasteiger charge is -2.12. The highest BCUT2D eigenvalue weighted by Crippen LogP contribution is 2.25. The zero-order chi connectivity index (χ0) is 19.2. The van der Waals surface area contributed by atoms with E-state index in [1.807, 2.05) is 0 Å². The monoisotopic (exact) mass is 444 g/mol. The van der Waals surface area contributed by atoms with E-state index in [1.165, 1.54) is 25.2 Å². The lowest BCUT2D eigenvalue weighted by atomic mass is 10.1. The fraction of sp³-hybridized carbons (Fsp3) is 0.235. The van der Waals surface area contributed by atoms with E-state index in [2.05, 4.69) is 26.0 Å². The van der Waals surface area contributed by atoms with Gasteiger partial charge in [-0.25, -0.2) is 17.5 Å². The topological polar surface area (TPSA) is 84.5 Å². The molecule has 2 N–H and O–H groups in total. The largest absolute Gasteiger partial charge is 0.483 e. The second kappa shape index (κ2) is 9.11. The van der Waals surface area contributed by atoms with Crippen molar-refractivity contribution in [3.8, 4) is 5.75 Å². The van der Waals surface area contributed by atoms with Gasteiger partial charge in [-0.05, 0) is 52.3 Å². The van der Waals surface area contributed by atoms with Gasteiger partial charge < -0.3 is 10.1 Å². The van der Waals surface area contributed by atoms with Crippen molar-refractivity contribution in [1.29, 1.82) is 0 Å². The van der Waals surface area contributed by atoms with E-state index in [9.17, 15) is 17.6 Å². The molecule has 2 aromatic rings. The van der Waals surface area contributed by atoms with Gasteiger partial charge in [0.15, 0.2) is 6.61 Å². The number of benzene rings is 2. The Morgan fingerprint density at radius 2 is 1.88 bits per heavy atom. The number of carbonyl (C=O) groups is 1. The maximum atomic E-state index is 13.0. The Labute approximate surface area is 159 Å². The van der Waals surface area contributed by atoms with Crippen LogP contribution in [0.2, 0.25) is 0 Å². The number of hydrogen-bond donors (Lipinski definition) is 2. The molecule has 0 saturated carbocycles. The van der Waals surface area contributed by atoms with Crippen molar-refractivity contribution in [2.75, 3.05) is 13.7 Å². The van der Waals surface area contributed by atoms with Crippen LogP contribution in [0.5, 0.6) is 5.75 Å². The van der Waals surface area contributed by atoms with E-state index in [0.29, 0.717) is 21.3 Å². The number of hydrogen-bond acceptors (Lipinski definition) is 4. The van der Waals surface area contributed by atoms with Gasteiger partial charge in [0.05, 0.1) is 10.2 Å². The Hall–Kier alpha value is -1.97. The number of ether oxygens (including phenoxy) is 1. The van der Waals surface area contributed by atoms with Gasteiger partial charge in [-0.2, -0.15) is 0 Å². The maximum Gasteiger partial charge on any atom is 0.258 e. The standard InChI is InChI=1S/C17H18BrFN2O4S/c1-20-26(23,24)11-13-5-3-2-4-12(13)9-21-17(22)10-25-16-7-6-14(19)8-15(16)18/h2-8,20H,9-11H2,1H3,(H,21,22). The van der Waals surface area contributed by atoms with Crippen LogP contribution < -0.4 is 14.8 Å². The molecule has 0 aliphatic carbocycles. The molecule has 26 heavy (non-hydrogen) atoms. The zero-order valence-corrected chi connectivity index (χ0v) is 16.4. The van der Waals surface area contributed by atoms with Crippen LogP contribution in [0.1, 0.15) is 11.1 Å². The number of nitrogens with one attached hydrogen (secondary N) is 2. The summed E-state index contributed by atoms with van der Waals surface area (Å²) in [5, 5.41) is 2.68. The third-order valence-corrected chi connectivity index (χ3v) is 5.44. The van der Waals surface area contributed by atoms with Gasteiger partial charge in [0.2, 0.25) is 10.0 Å². The van der Waals surface area contributed by atoms with Crippen molar-refractivity contribution < 1.29 is 22.3 Å². The summed E-state index contributed by atoms with van der Waals surface area (Å²) in [6.07, 6.45) is 0. The Morgan fingerprint density at radius 1 is 1.19 bits per heavy atom. The summed E-state index contributed by atoms with van der Waals surface area (Å²) in [4.78, 5) is 12.0. The molecular weight excluding hydrogens is 427 g/mol. The van der Waals surface area contributed by atoms with Crippen molar-refractivity contribution >= 4 is 31.9 Å². The second-order valence-electron chi connectivity index (χ2n) is 5.37. The van der Waals surface area contributed by atoms with Gasteiger partial charge in [-0.1, -0.05) is 24.3 Å². The molecule has 0 radical (unpaired) electrons. The SMILES string of the molecule is CNS(=O)(=O)Cc1ccccc1CNC(=O)COc1ccc(F)cc1Br. The minimum Gasteiger partial charge on any atom is -0.483 e. The second-order valence-corrected chi connectivity index (χ2v) is 8.15. The average molecular weight is 445 g/mol. The van der Waals surface area contributed by atoms with Crippen molar-refractivity contribution in [2.45, 2.75) is 12.3 Å². The Kier molecular flexibility index (Phi) is 7.13. The van der Waals surface area contributed by atoms with Crippen LogP contribution in [0.15, 0.2) is 46.9 Å². The number of carbonyl (C=O) groups excluding carboxylic acids is 1. The van der Waals surface area contributed by atoms with Crippen LogP contribution >= 0.6 is 15.9 Å². The van der Waals surface area contributed by atoms with E-state index < -0.39 is 15.8 Å². The summed E-state index contributed by atoms with van der Waals surface area (Å²) < 4.78 is 44.5. The van der Waals surface area contributed by atoms with E-state index >= 15 is 0 Å². The van der Waals surface area contributed by atoms with Crippen LogP contribution in [0.3, 0.4) is 0 Å². The highest BCUT2D eigenvalue weighted by atomic mass is 79.9. The molecule has 0 aliphatic heterocycles. The maximum absolute atomic E-state index is 13.0. The van der Waals surface area contributed by atoms with Crippen LogP contribution in [0.25, 0.3) is 0 Å². The van der Waals surface area contributed by atoms with Gasteiger partial charge in [-0.3, -0.25) is 4.79 Å². The molecule has 0 aromatic heterocycles. The molecule has 140 valence electrons.